The van der Waals surface area contributed by atoms with E-state index in [0.717, 1.165) is 18.4 Å². The zero-order valence-electron chi connectivity index (χ0n) is 15.2. The molecular weight excluding hydrogens is 332 g/mol. The summed E-state index contributed by atoms with van der Waals surface area (Å²) < 4.78 is 10.7. The minimum Gasteiger partial charge on any atom is -0.484 e. The molecule has 1 fully saturated rings. The van der Waals surface area contributed by atoms with Crippen LogP contribution in [-0.2, 0) is 4.79 Å². The van der Waals surface area contributed by atoms with E-state index in [0.29, 0.717) is 24.6 Å². The lowest BCUT2D eigenvalue weighted by Crippen LogP contribution is -2.47. The highest BCUT2D eigenvalue weighted by Crippen LogP contribution is 2.17. The van der Waals surface area contributed by atoms with E-state index in [-0.39, 0.29) is 24.5 Å². The van der Waals surface area contributed by atoms with Gasteiger partial charge in [0.15, 0.2) is 12.4 Å². The summed E-state index contributed by atoms with van der Waals surface area (Å²) in [6.07, 6.45) is 2.94. The van der Waals surface area contributed by atoms with Crippen LogP contribution in [0.2, 0.25) is 0 Å². The van der Waals surface area contributed by atoms with Gasteiger partial charge < -0.3 is 19.4 Å². The summed E-state index contributed by atoms with van der Waals surface area (Å²) in [4.78, 5) is 26.1. The number of hydrogen-bond acceptors (Lipinski definition) is 4. The van der Waals surface area contributed by atoms with E-state index in [1.165, 1.54) is 11.8 Å². The molecule has 0 aliphatic carbocycles. The van der Waals surface area contributed by atoms with Crippen molar-refractivity contribution in [2.75, 3.05) is 19.7 Å². The molecule has 1 aromatic carbocycles. The van der Waals surface area contributed by atoms with Crippen molar-refractivity contribution in [3.63, 3.8) is 0 Å². The first-order chi connectivity index (χ1) is 12.5. The fourth-order valence-corrected chi connectivity index (χ4v) is 3.00. The topological polar surface area (TPSA) is 71.8 Å². The van der Waals surface area contributed by atoms with Crippen LogP contribution in [0.25, 0.3) is 0 Å². The number of likely N-dealkylation sites (tertiary alicyclic amines) is 1. The summed E-state index contributed by atoms with van der Waals surface area (Å²) in [7, 11) is 0. The normalized spacial score (nSPS) is 14.9. The lowest BCUT2D eigenvalue weighted by molar-refractivity contribution is -0.124. The summed E-state index contributed by atoms with van der Waals surface area (Å²) in [6, 6.07) is 9.21. The van der Waals surface area contributed by atoms with Gasteiger partial charge in [0.05, 0.1) is 6.26 Å². The van der Waals surface area contributed by atoms with Crippen LogP contribution in [0.1, 0.15) is 34.5 Å². The fourth-order valence-electron chi connectivity index (χ4n) is 3.00. The second-order valence-corrected chi connectivity index (χ2v) is 6.65. The second-order valence-electron chi connectivity index (χ2n) is 6.65. The zero-order valence-corrected chi connectivity index (χ0v) is 15.2. The molecule has 1 aliphatic rings. The molecule has 1 saturated heterocycles. The maximum Gasteiger partial charge on any atom is 0.289 e. The molecule has 3 rings (SSSR count). The van der Waals surface area contributed by atoms with Crippen molar-refractivity contribution < 1.29 is 18.7 Å². The predicted octanol–water partition coefficient (Wildman–Crippen LogP) is 2.70. The standard InChI is InChI=1S/C20H24N2O4/c1-14-5-6-17(12-15(14)2)26-13-19(23)21-16-7-9-22(10-8-16)20(24)18-4-3-11-25-18/h3-6,11-12,16H,7-10,13H2,1-2H3,(H,21,23). The third-order valence-electron chi connectivity index (χ3n) is 4.73. The number of furan rings is 1. The van der Waals surface area contributed by atoms with Crippen LogP contribution in [0, 0.1) is 13.8 Å². The number of carbonyl (C=O) groups is 2. The number of aryl methyl sites for hydroxylation is 2. The van der Waals surface area contributed by atoms with Gasteiger partial charge in [-0.1, -0.05) is 6.07 Å². The molecule has 1 N–H and O–H groups in total. The van der Waals surface area contributed by atoms with Crippen LogP contribution in [0.4, 0.5) is 0 Å². The molecule has 0 radical (unpaired) electrons. The number of piperidine rings is 1. The van der Waals surface area contributed by atoms with Gasteiger partial charge in [-0.2, -0.15) is 0 Å². The highest BCUT2D eigenvalue weighted by molar-refractivity contribution is 5.91. The van der Waals surface area contributed by atoms with E-state index in [4.69, 9.17) is 9.15 Å². The monoisotopic (exact) mass is 356 g/mol. The maximum atomic E-state index is 12.2. The van der Waals surface area contributed by atoms with Gasteiger partial charge in [0.25, 0.3) is 11.8 Å². The quantitative estimate of drug-likeness (QED) is 0.894. The van der Waals surface area contributed by atoms with E-state index in [1.54, 1.807) is 17.0 Å². The molecule has 0 saturated carbocycles. The fraction of sp³-hybridized carbons (Fsp3) is 0.400. The number of carbonyl (C=O) groups excluding carboxylic acids is 2. The van der Waals surface area contributed by atoms with E-state index in [9.17, 15) is 9.59 Å². The van der Waals surface area contributed by atoms with Crippen LogP contribution in [0.3, 0.4) is 0 Å². The molecule has 1 aliphatic heterocycles. The van der Waals surface area contributed by atoms with Crippen molar-refractivity contribution in [3.8, 4) is 5.75 Å². The van der Waals surface area contributed by atoms with Gasteiger partial charge in [0, 0.05) is 19.1 Å². The number of amides is 2. The van der Waals surface area contributed by atoms with Crippen molar-refractivity contribution in [3.05, 3.63) is 53.5 Å². The molecule has 2 amide bonds. The van der Waals surface area contributed by atoms with Gasteiger partial charge in [-0.05, 0) is 62.1 Å². The van der Waals surface area contributed by atoms with E-state index in [1.807, 2.05) is 32.0 Å². The summed E-state index contributed by atoms with van der Waals surface area (Å²) in [6.45, 7) is 5.24. The first-order valence-electron chi connectivity index (χ1n) is 8.85. The lowest BCUT2D eigenvalue weighted by Gasteiger charge is -2.31. The minimum absolute atomic E-state index is 0.00591. The molecule has 2 aromatic rings. The predicted molar refractivity (Wildman–Crippen MR) is 97.2 cm³/mol. The van der Waals surface area contributed by atoms with Crippen LogP contribution >= 0.6 is 0 Å². The largest absolute Gasteiger partial charge is 0.484 e. The van der Waals surface area contributed by atoms with Crippen LogP contribution in [0.5, 0.6) is 5.75 Å². The number of nitrogens with one attached hydrogen (secondary N) is 1. The highest BCUT2D eigenvalue weighted by atomic mass is 16.5. The van der Waals surface area contributed by atoms with Gasteiger partial charge in [-0.3, -0.25) is 9.59 Å². The van der Waals surface area contributed by atoms with Crippen molar-refractivity contribution in [2.24, 2.45) is 0 Å². The molecule has 0 unspecified atom stereocenters. The molecule has 138 valence electrons. The number of ether oxygens (including phenoxy) is 1. The van der Waals surface area contributed by atoms with Gasteiger partial charge in [-0.25, -0.2) is 0 Å². The Kier molecular flexibility index (Phi) is 5.61. The first kappa shape index (κ1) is 18.0. The van der Waals surface area contributed by atoms with Gasteiger partial charge >= 0.3 is 0 Å². The Morgan fingerprint density at radius 3 is 2.62 bits per heavy atom. The molecule has 0 atom stereocenters. The maximum absolute atomic E-state index is 12.2. The van der Waals surface area contributed by atoms with E-state index >= 15 is 0 Å². The van der Waals surface area contributed by atoms with Crippen LogP contribution < -0.4 is 10.1 Å². The lowest BCUT2D eigenvalue weighted by atomic mass is 10.0. The summed E-state index contributed by atoms with van der Waals surface area (Å²) in [5.41, 5.74) is 2.33. The Bertz CT molecular complexity index is 762. The SMILES string of the molecule is Cc1ccc(OCC(=O)NC2CCN(C(=O)c3ccco3)CC2)cc1C. The number of rotatable bonds is 5. The first-order valence-corrected chi connectivity index (χ1v) is 8.85. The molecular formula is C20H24N2O4. The summed E-state index contributed by atoms with van der Waals surface area (Å²) >= 11 is 0. The molecule has 2 heterocycles. The van der Waals surface area contributed by atoms with Crippen molar-refractivity contribution in [1.82, 2.24) is 10.2 Å². The Hall–Kier alpha value is -2.76. The second kappa shape index (κ2) is 8.08. The number of hydrogen-bond donors (Lipinski definition) is 1. The average molecular weight is 356 g/mol. The smallest absolute Gasteiger partial charge is 0.289 e. The molecule has 0 bridgehead atoms. The van der Waals surface area contributed by atoms with Crippen molar-refractivity contribution in [2.45, 2.75) is 32.7 Å². The third kappa shape index (κ3) is 4.45. The van der Waals surface area contributed by atoms with Crippen molar-refractivity contribution >= 4 is 11.8 Å². The number of nitrogens with zero attached hydrogens (tertiary/aromatic N) is 1. The summed E-state index contributed by atoms with van der Waals surface area (Å²) in [5, 5.41) is 2.98. The van der Waals surface area contributed by atoms with Gasteiger partial charge in [-0.15, -0.1) is 0 Å². The van der Waals surface area contributed by atoms with Gasteiger partial charge in [0.1, 0.15) is 5.75 Å². The highest BCUT2D eigenvalue weighted by Gasteiger charge is 2.25. The van der Waals surface area contributed by atoms with E-state index < -0.39 is 0 Å². The Balaban J connectivity index is 1.42. The Morgan fingerprint density at radius 1 is 1.19 bits per heavy atom. The van der Waals surface area contributed by atoms with Crippen LogP contribution in [0.15, 0.2) is 41.0 Å². The third-order valence-corrected chi connectivity index (χ3v) is 4.73. The average Bonchev–Trinajstić information content (AvgIpc) is 3.17. The van der Waals surface area contributed by atoms with Gasteiger partial charge in [0.2, 0.25) is 0 Å². The molecule has 1 aromatic heterocycles. The molecule has 0 spiro atoms. The Labute approximate surface area is 153 Å². The number of benzene rings is 1. The Morgan fingerprint density at radius 2 is 1.96 bits per heavy atom. The molecule has 26 heavy (non-hydrogen) atoms. The minimum atomic E-state index is -0.140. The summed E-state index contributed by atoms with van der Waals surface area (Å²) in [5.74, 6) is 0.813. The van der Waals surface area contributed by atoms with Crippen molar-refractivity contribution in [1.29, 1.82) is 0 Å². The zero-order chi connectivity index (χ0) is 18.5. The van der Waals surface area contributed by atoms with E-state index in [2.05, 4.69) is 5.32 Å². The molecule has 6 nitrogen and oxygen atoms in total. The van der Waals surface area contributed by atoms with Crippen LogP contribution in [-0.4, -0.2) is 42.5 Å². The molecule has 6 heteroatoms.